The van der Waals surface area contributed by atoms with Crippen LogP contribution in [-0.2, 0) is 6.54 Å². The van der Waals surface area contributed by atoms with Crippen molar-refractivity contribution in [1.29, 1.82) is 0 Å². The minimum Gasteiger partial charge on any atom is -0.399 e. The van der Waals surface area contributed by atoms with E-state index in [0.717, 1.165) is 0 Å². The van der Waals surface area contributed by atoms with Crippen LogP contribution in [0.5, 0.6) is 0 Å². The van der Waals surface area contributed by atoms with Gasteiger partial charge in [0.25, 0.3) is 0 Å². The number of rotatable bonds is 2. The van der Waals surface area contributed by atoms with Crippen molar-refractivity contribution in [3.05, 3.63) is 41.7 Å². The van der Waals surface area contributed by atoms with E-state index in [4.69, 9.17) is 11.5 Å². The van der Waals surface area contributed by atoms with Crippen molar-refractivity contribution in [3.63, 3.8) is 0 Å². The first-order valence-electron chi connectivity index (χ1n) is 3.59. The van der Waals surface area contributed by atoms with Gasteiger partial charge in [-0.2, -0.15) is 0 Å². The summed E-state index contributed by atoms with van der Waals surface area (Å²) in [5.41, 5.74) is 11.7. The summed E-state index contributed by atoms with van der Waals surface area (Å²) in [4.78, 5) is 0. The van der Waals surface area contributed by atoms with E-state index in [-0.39, 0.29) is 18.1 Å². The normalized spacial score (nSPS) is 9.83. The summed E-state index contributed by atoms with van der Waals surface area (Å²) >= 11 is 0. The van der Waals surface area contributed by atoms with E-state index in [2.05, 4.69) is 6.58 Å². The summed E-state index contributed by atoms with van der Waals surface area (Å²) < 4.78 is 13.3. The maximum atomic E-state index is 13.3. The molecule has 0 amide bonds. The van der Waals surface area contributed by atoms with Crippen molar-refractivity contribution in [3.8, 4) is 0 Å². The first-order valence-corrected chi connectivity index (χ1v) is 3.59. The summed E-state index contributed by atoms with van der Waals surface area (Å²) in [5, 5.41) is 0. The minimum absolute atomic E-state index is 0.174. The lowest BCUT2D eigenvalue weighted by molar-refractivity contribution is 0.606. The third kappa shape index (κ3) is 1.46. The second kappa shape index (κ2) is 3.36. The Hall–Kier alpha value is -1.35. The first kappa shape index (κ1) is 8.74. The highest BCUT2D eigenvalue weighted by Gasteiger charge is 2.06. The molecule has 0 atom stereocenters. The Morgan fingerprint density at radius 1 is 1.50 bits per heavy atom. The van der Waals surface area contributed by atoms with Crippen LogP contribution in [0.1, 0.15) is 11.1 Å². The van der Waals surface area contributed by atoms with E-state index in [1.807, 2.05) is 0 Å². The Kier molecular flexibility index (Phi) is 2.45. The predicted molar refractivity (Wildman–Crippen MR) is 47.5 cm³/mol. The Labute approximate surface area is 70.7 Å². The van der Waals surface area contributed by atoms with Gasteiger partial charge in [-0.15, -0.1) is 0 Å². The van der Waals surface area contributed by atoms with Crippen LogP contribution in [0.3, 0.4) is 0 Å². The van der Waals surface area contributed by atoms with Gasteiger partial charge in [-0.3, -0.25) is 0 Å². The Morgan fingerprint density at radius 2 is 2.17 bits per heavy atom. The van der Waals surface area contributed by atoms with Crippen LogP contribution >= 0.6 is 0 Å². The summed E-state index contributed by atoms with van der Waals surface area (Å²) in [6, 6.07) is 4.91. The molecule has 0 saturated carbocycles. The summed E-state index contributed by atoms with van der Waals surface area (Å²) in [7, 11) is 0. The van der Waals surface area contributed by atoms with E-state index in [0.29, 0.717) is 11.1 Å². The molecule has 0 bridgehead atoms. The third-order valence-electron chi connectivity index (χ3n) is 1.64. The Bertz CT molecular complexity index is 307. The monoisotopic (exact) mass is 166 g/mol. The second-order valence-electron chi connectivity index (χ2n) is 2.51. The van der Waals surface area contributed by atoms with Crippen molar-refractivity contribution in [1.82, 2.24) is 0 Å². The van der Waals surface area contributed by atoms with Crippen LogP contribution in [-0.4, -0.2) is 0 Å². The van der Waals surface area contributed by atoms with Gasteiger partial charge in [-0.1, -0.05) is 18.7 Å². The number of halogens is 1. The molecule has 0 unspecified atom stereocenters. The molecular formula is C9H11FN2. The van der Waals surface area contributed by atoms with Crippen LogP contribution < -0.4 is 11.5 Å². The molecule has 0 saturated heterocycles. The summed E-state index contributed by atoms with van der Waals surface area (Å²) in [6.07, 6.45) is 0. The average molecular weight is 166 g/mol. The van der Waals surface area contributed by atoms with E-state index in [9.17, 15) is 4.39 Å². The van der Waals surface area contributed by atoms with Gasteiger partial charge in [0, 0.05) is 23.4 Å². The molecule has 0 spiro atoms. The van der Waals surface area contributed by atoms with Crippen molar-refractivity contribution in [2.45, 2.75) is 6.54 Å². The quantitative estimate of drug-likeness (QED) is 0.693. The lowest BCUT2D eigenvalue weighted by atomic mass is 10.1. The maximum Gasteiger partial charge on any atom is 0.136 e. The molecule has 0 aliphatic heterocycles. The molecule has 0 fully saturated rings. The number of benzene rings is 1. The third-order valence-corrected chi connectivity index (χ3v) is 1.64. The fraction of sp³-hybridized carbons (Fsp3) is 0.111. The van der Waals surface area contributed by atoms with Crippen LogP contribution in [0, 0.1) is 5.82 Å². The molecular weight excluding hydrogens is 155 g/mol. The Balaban J connectivity index is 3.23. The largest absolute Gasteiger partial charge is 0.399 e. The topological polar surface area (TPSA) is 52.0 Å². The van der Waals surface area contributed by atoms with Gasteiger partial charge in [0.1, 0.15) is 5.82 Å². The van der Waals surface area contributed by atoms with Crippen molar-refractivity contribution >= 4 is 5.70 Å². The zero-order valence-electron chi connectivity index (χ0n) is 6.68. The van der Waals surface area contributed by atoms with Crippen LogP contribution in [0.25, 0.3) is 5.70 Å². The van der Waals surface area contributed by atoms with Gasteiger partial charge in [-0.05, 0) is 6.07 Å². The summed E-state index contributed by atoms with van der Waals surface area (Å²) in [6.45, 7) is 3.63. The van der Waals surface area contributed by atoms with E-state index >= 15 is 0 Å². The molecule has 1 aromatic rings. The molecule has 0 aliphatic carbocycles. The molecule has 4 N–H and O–H groups in total. The zero-order valence-corrected chi connectivity index (χ0v) is 6.68. The lowest BCUT2D eigenvalue weighted by Crippen LogP contribution is -2.04. The SMILES string of the molecule is C=C(N)c1cccc(CN)c1F. The van der Waals surface area contributed by atoms with Crippen LogP contribution in [0.2, 0.25) is 0 Å². The number of nitrogens with two attached hydrogens (primary N) is 2. The molecule has 2 nitrogen and oxygen atoms in total. The van der Waals surface area contributed by atoms with Crippen LogP contribution in [0.15, 0.2) is 24.8 Å². The van der Waals surface area contributed by atoms with Gasteiger partial charge < -0.3 is 11.5 Å². The van der Waals surface area contributed by atoms with E-state index < -0.39 is 0 Å². The van der Waals surface area contributed by atoms with Gasteiger partial charge in [0.15, 0.2) is 0 Å². The number of hydrogen-bond donors (Lipinski definition) is 2. The van der Waals surface area contributed by atoms with Crippen LogP contribution in [0.4, 0.5) is 4.39 Å². The molecule has 3 heteroatoms. The highest BCUT2D eigenvalue weighted by molar-refractivity contribution is 5.61. The van der Waals surface area contributed by atoms with E-state index in [1.54, 1.807) is 18.2 Å². The van der Waals surface area contributed by atoms with Crippen molar-refractivity contribution in [2.24, 2.45) is 11.5 Å². The first-order chi connectivity index (χ1) is 5.66. The molecule has 12 heavy (non-hydrogen) atoms. The van der Waals surface area contributed by atoms with Gasteiger partial charge in [0.2, 0.25) is 0 Å². The standard InChI is InChI=1S/C9H11FN2/c1-6(12)8-4-2-3-7(5-11)9(8)10/h2-4H,1,5,11-12H2. The molecule has 0 radical (unpaired) electrons. The average Bonchev–Trinajstić information content (AvgIpc) is 2.04. The summed E-state index contributed by atoms with van der Waals surface area (Å²) in [5.74, 6) is -0.368. The Morgan fingerprint density at radius 3 is 2.67 bits per heavy atom. The second-order valence-corrected chi connectivity index (χ2v) is 2.51. The van der Waals surface area contributed by atoms with Crippen molar-refractivity contribution < 1.29 is 4.39 Å². The van der Waals surface area contributed by atoms with Gasteiger partial charge in [-0.25, -0.2) is 4.39 Å². The minimum atomic E-state index is -0.368. The van der Waals surface area contributed by atoms with E-state index in [1.165, 1.54) is 0 Å². The molecule has 1 aromatic carbocycles. The molecule has 64 valence electrons. The smallest absolute Gasteiger partial charge is 0.136 e. The van der Waals surface area contributed by atoms with Gasteiger partial charge in [0.05, 0.1) is 0 Å². The lowest BCUT2D eigenvalue weighted by Gasteiger charge is -2.05. The highest BCUT2D eigenvalue weighted by atomic mass is 19.1. The number of hydrogen-bond acceptors (Lipinski definition) is 2. The van der Waals surface area contributed by atoms with Gasteiger partial charge >= 0.3 is 0 Å². The fourth-order valence-electron chi connectivity index (χ4n) is 0.985. The fourth-order valence-corrected chi connectivity index (χ4v) is 0.985. The predicted octanol–water partition coefficient (Wildman–Crippen LogP) is 1.21. The maximum absolute atomic E-state index is 13.3. The molecule has 0 aromatic heterocycles. The molecule has 1 rings (SSSR count). The molecule has 0 heterocycles. The molecule has 0 aliphatic rings. The highest BCUT2D eigenvalue weighted by Crippen LogP contribution is 2.15. The van der Waals surface area contributed by atoms with Crippen molar-refractivity contribution in [2.75, 3.05) is 0 Å². The zero-order chi connectivity index (χ0) is 9.14.